The summed E-state index contributed by atoms with van der Waals surface area (Å²) in [6.07, 6.45) is 3.39. The van der Waals surface area contributed by atoms with Gasteiger partial charge in [-0.2, -0.15) is 0 Å². The number of hydrogen-bond donors (Lipinski definition) is 0. The van der Waals surface area contributed by atoms with Crippen molar-refractivity contribution in [3.63, 3.8) is 0 Å². The Labute approximate surface area is 116 Å². The van der Waals surface area contributed by atoms with Crippen LogP contribution < -0.4 is 0 Å². The normalized spacial score (nSPS) is 11.1. The van der Waals surface area contributed by atoms with Gasteiger partial charge in [-0.05, 0) is 18.4 Å². The highest BCUT2D eigenvalue weighted by Crippen LogP contribution is 2.10. The number of methoxy groups -OCH3 is 2. The molecule has 108 valence electrons. The monoisotopic (exact) mass is 266 g/mol. The third-order valence-electron chi connectivity index (χ3n) is 3.07. The largest absolute Gasteiger partial charge is 0.384 e. The van der Waals surface area contributed by atoms with Crippen molar-refractivity contribution in [2.45, 2.75) is 25.9 Å². The summed E-state index contributed by atoms with van der Waals surface area (Å²) in [6.45, 7) is 3.08. The summed E-state index contributed by atoms with van der Waals surface area (Å²) >= 11 is 0. The number of benzene rings is 1. The molecule has 0 aliphatic heterocycles. The Morgan fingerprint density at radius 3 is 2.26 bits per heavy atom. The van der Waals surface area contributed by atoms with Gasteiger partial charge in [-0.25, -0.2) is 0 Å². The van der Waals surface area contributed by atoms with Gasteiger partial charge in [0.15, 0.2) is 0 Å². The van der Waals surface area contributed by atoms with Gasteiger partial charge in [0.05, 0.1) is 19.8 Å². The Morgan fingerprint density at radius 1 is 0.947 bits per heavy atom. The molecule has 3 nitrogen and oxygen atoms in total. The van der Waals surface area contributed by atoms with E-state index in [0.29, 0.717) is 12.5 Å². The molecule has 0 spiro atoms. The van der Waals surface area contributed by atoms with Crippen molar-refractivity contribution in [3.05, 3.63) is 35.9 Å². The van der Waals surface area contributed by atoms with Crippen LogP contribution in [0, 0.1) is 5.92 Å². The summed E-state index contributed by atoms with van der Waals surface area (Å²) in [5.41, 5.74) is 1.24. The number of unbranched alkanes of at least 4 members (excludes halogenated alkanes) is 1. The predicted molar refractivity (Wildman–Crippen MR) is 77.2 cm³/mol. The minimum absolute atomic E-state index is 0.504. The molecule has 19 heavy (non-hydrogen) atoms. The maximum atomic E-state index is 5.66. The zero-order valence-corrected chi connectivity index (χ0v) is 12.1. The van der Waals surface area contributed by atoms with Gasteiger partial charge in [-0.3, -0.25) is 0 Å². The highest BCUT2D eigenvalue weighted by atomic mass is 16.5. The molecule has 0 unspecified atom stereocenters. The van der Waals surface area contributed by atoms with E-state index in [1.54, 1.807) is 14.2 Å². The van der Waals surface area contributed by atoms with Crippen LogP contribution in [0.15, 0.2) is 30.3 Å². The van der Waals surface area contributed by atoms with Gasteiger partial charge in [-0.15, -0.1) is 0 Å². The van der Waals surface area contributed by atoms with E-state index in [-0.39, 0.29) is 0 Å². The molecule has 0 bridgehead atoms. The lowest BCUT2D eigenvalue weighted by molar-refractivity contribution is 0.0749. The van der Waals surface area contributed by atoms with Crippen molar-refractivity contribution in [2.24, 2.45) is 5.92 Å². The highest BCUT2D eigenvalue weighted by molar-refractivity contribution is 5.13. The Morgan fingerprint density at radius 2 is 1.63 bits per heavy atom. The van der Waals surface area contributed by atoms with Gasteiger partial charge < -0.3 is 14.2 Å². The highest BCUT2D eigenvalue weighted by Gasteiger charge is 2.07. The quantitative estimate of drug-likeness (QED) is 0.575. The molecule has 0 aliphatic carbocycles. The van der Waals surface area contributed by atoms with Crippen LogP contribution >= 0.6 is 0 Å². The minimum atomic E-state index is 0.504. The first kappa shape index (κ1) is 16.2. The third kappa shape index (κ3) is 7.98. The fraction of sp³-hybridized carbons (Fsp3) is 0.625. The lowest BCUT2D eigenvalue weighted by Gasteiger charge is -2.14. The predicted octanol–water partition coefficient (Wildman–Crippen LogP) is 3.28. The standard InChI is InChI=1S/C16H26O3/c1-17-12-16(13-18-2)10-6-7-11-19-14-15-8-4-3-5-9-15/h3-5,8-9,16H,6-7,10-14H2,1-2H3. The van der Waals surface area contributed by atoms with Crippen LogP contribution in [0.5, 0.6) is 0 Å². The third-order valence-corrected chi connectivity index (χ3v) is 3.07. The first-order chi connectivity index (χ1) is 9.36. The molecule has 0 heterocycles. The number of ether oxygens (including phenoxy) is 3. The molecule has 1 rings (SSSR count). The summed E-state index contributed by atoms with van der Waals surface area (Å²) in [4.78, 5) is 0. The molecule has 0 saturated carbocycles. The van der Waals surface area contributed by atoms with Gasteiger partial charge in [0, 0.05) is 26.7 Å². The maximum absolute atomic E-state index is 5.66. The van der Waals surface area contributed by atoms with E-state index in [9.17, 15) is 0 Å². The zero-order valence-electron chi connectivity index (χ0n) is 12.1. The topological polar surface area (TPSA) is 27.7 Å². The molecule has 3 heteroatoms. The van der Waals surface area contributed by atoms with E-state index in [1.807, 2.05) is 18.2 Å². The smallest absolute Gasteiger partial charge is 0.0716 e. The fourth-order valence-electron chi connectivity index (χ4n) is 2.09. The first-order valence-electron chi connectivity index (χ1n) is 6.96. The molecule has 0 saturated heterocycles. The second-order valence-corrected chi connectivity index (χ2v) is 4.81. The number of hydrogen-bond acceptors (Lipinski definition) is 3. The average molecular weight is 266 g/mol. The molecule has 0 aliphatic rings. The molecule has 1 aromatic rings. The first-order valence-corrected chi connectivity index (χ1v) is 6.96. The van der Waals surface area contributed by atoms with Gasteiger partial charge in [0.25, 0.3) is 0 Å². The van der Waals surface area contributed by atoms with Crippen molar-refractivity contribution in [3.8, 4) is 0 Å². The molecular formula is C16H26O3. The van der Waals surface area contributed by atoms with E-state index in [0.717, 1.165) is 39.1 Å². The molecule has 0 atom stereocenters. The van der Waals surface area contributed by atoms with Gasteiger partial charge in [0.1, 0.15) is 0 Å². The van der Waals surface area contributed by atoms with E-state index < -0.39 is 0 Å². The molecule has 0 amide bonds. The van der Waals surface area contributed by atoms with Crippen LogP contribution in [-0.4, -0.2) is 34.0 Å². The van der Waals surface area contributed by atoms with E-state index >= 15 is 0 Å². The fourth-order valence-corrected chi connectivity index (χ4v) is 2.09. The molecule has 0 fully saturated rings. The lowest BCUT2D eigenvalue weighted by Crippen LogP contribution is -2.14. The van der Waals surface area contributed by atoms with Crippen LogP contribution in [0.3, 0.4) is 0 Å². The Bertz CT molecular complexity index is 294. The average Bonchev–Trinajstić information content (AvgIpc) is 2.44. The van der Waals surface area contributed by atoms with Crippen LogP contribution in [0.4, 0.5) is 0 Å². The van der Waals surface area contributed by atoms with Crippen molar-refractivity contribution in [2.75, 3.05) is 34.0 Å². The van der Waals surface area contributed by atoms with Crippen LogP contribution in [0.25, 0.3) is 0 Å². The Hall–Kier alpha value is -0.900. The van der Waals surface area contributed by atoms with Gasteiger partial charge in [-0.1, -0.05) is 36.8 Å². The zero-order chi connectivity index (χ0) is 13.8. The molecule has 1 aromatic carbocycles. The summed E-state index contributed by atoms with van der Waals surface area (Å²) < 4.78 is 16.0. The van der Waals surface area contributed by atoms with Crippen molar-refractivity contribution >= 4 is 0 Å². The van der Waals surface area contributed by atoms with Gasteiger partial charge >= 0.3 is 0 Å². The molecule has 0 radical (unpaired) electrons. The second-order valence-electron chi connectivity index (χ2n) is 4.81. The van der Waals surface area contributed by atoms with Crippen molar-refractivity contribution < 1.29 is 14.2 Å². The van der Waals surface area contributed by atoms with Crippen LogP contribution in [-0.2, 0) is 20.8 Å². The lowest BCUT2D eigenvalue weighted by atomic mass is 10.0. The Kier molecular flexibility index (Phi) is 9.33. The van der Waals surface area contributed by atoms with Crippen LogP contribution in [0.2, 0.25) is 0 Å². The van der Waals surface area contributed by atoms with Gasteiger partial charge in [0.2, 0.25) is 0 Å². The molecular weight excluding hydrogens is 240 g/mol. The molecule has 0 N–H and O–H groups in total. The summed E-state index contributed by atoms with van der Waals surface area (Å²) in [6, 6.07) is 10.3. The SMILES string of the molecule is COCC(CCCCOCc1ccccc1)COC. The summed E-state index contributed by atoms with van der Waals surface area (Å²) in [5.74, 6) is 0.504. The maximum Gasteiger partial charge on any atom is 0.0716 e. The van der Waals surface area contributed by atoms with Crippen LogP contribution in [0.1, 0.15) is 24.8 Å². The van der Waals surface area contributed by atoms with Crippen molar-refractivity contribution in [1.82, 2.24) is 0 Å². The minimum Gasteiger partial charge on any atom is -0.384 e. The number of rotatable bonds is 11. The van der Waals surface area contributed by atoms with E-state index in [2.05, 4.69) is 12.1 Å². The molecule has 0 aromatic heterocycles. The second kappa shape index (κ2) is 11.0. The van der Waals surface area contributed by atoms with E-state index in [1.165, 1.54) is 5.56 Å². The summed E-state index contributed by atoms with van der Waals surface area (Å²) in [7, 11) is 3.48. The van der Waals surface area contributed by atoms with E-state index in [4.69, 9.17) is 14.2 Å². The summed E-state index contributed by atoms with van der Waals surface area (Å²) in [5, 5.41) is 0. The van der Waals surface area contributed by atoms with Crippen molar-refractivity contribution in [1.29, 1.82) is 0 Å². The Balaban J connectivity index is 2.01.